The highest BCUT2D eigenvalue weighted by Gasteiger charge is 2.30. The number of nitrogens with zero attached hydrogens (tertiary/aromatic N) is 2. The maximum absolute atomic E-state index is 4.21. The number of hydrogen-bond acceptors (Lipinski definition) is 2. The zero-order valence-electron chi connectivity index (χ0n) is 12.8. The zero-order chi connectivity index (χ0) is 14.5. The number of imidazole rings is 1. The summed E-state index contributed by atoms with van der Waals surface area (Å²) in [5.41, 5.74) is 1.41. The highest BCUT2D eigenvalue weighted by Crippen LogP contribution is 2.32. The van der Waals surface area contributed by atoms with Gasteiger partial charge in [0.05, 0.1) is 6.33 Å². The summed E-state index contributed by atoms with van der Waals surface area (Å²) in [6.45, 7) is 2.26. The van der Waals surface area contributed by atoms with Gasteiger partial charge in [0.2, 0.25) is 0 Å². The second kappa shape index (κ2) is 6.90. The Morgan fingerprint density at radius 3 is 2.86 bits per heavy atom. The van der Waals surface area contributed by atoms with Gasteiger partial charge >= 0.3 is 0 Å². The van der Waals surface area contributed by atoms with Crippen LogP contribution in [0, 0.1) is 0 Å². The van der Waals surface area contributed by atoms with Crippen molar-refractivity contribution in [3.05, 3.63) is 54.6 Å². The van der Waals surface area contributed by atoms with Crippen molar-refractivity contribution < 1.29 is 0 Å². The number of benzene rings is 1. The highest BCUT2D eigenvalue weighted by molar-refractivity contribution is 5.19. The number of hydrogen-bond donors (Lipinski definition) is 1. The molecule has 3 heteroatoms. The van der Waals surface area contributed by atoms with E-state index in [2.05, 4.69) is 58.3 Å². The maximum atomic E-state index is 4.21. The first-order chi connectivity index (χ1) is 10.4. The van der Waals surface area contributed by atoms with E-state index in [1.165, 1.54) is 37.7 Å². The van der Waals surface area contributed by atoms with Crippen LogP contribution in [0.15, 0.2) is 49.1 Å². The summed E-state index contributed by atoms with van der Waals surface area (Å²) in [7, 11) is 0. The summed E-state index contributed by atoms with van der Waals surface area (Å²) >= 11 is 0. The van der Waals surface area contributed by atoms with Crippen molar-refractivity contribution in [2.24, 2.45) is 0 Å². The average Bonchev–Trinajstić information content (AvgIpc) is 3.18. The molecule has 2 aromatic rings. The molecule has 1 aliphatic carbocycles. The van der Waals surface area contributed by atoms with E-state index < -0.39 is 0 Å². The molecule has 3 atom stereocenters. The summed E-state index contributed by atoms with van der Waals surface area (Å²) in [5.74, 6) is 0. The number of rotatable bonds is 6. The van der Waals surface area contributed by atoms with Gasteiger partial charge in [-0.05, 0) is 31.2 Å². The molecule has 1 saturated carbocycles. The van der Waals surface area contributed by atoms with E-state index in [1.807, 2.05) is 12.5 Å². The topological polar surface area (TPSA) is 29.9 Å². The number of aromatic nitrogens is 2. The van der Waals surface area contributed by atoms with Gasteiger partial charge in [-0.3, -0.25) is 0 Å². The van der Waals surface area contributed by atoms with Gasteiger partial charge in [-0.2, -0.15) is 0 Å². The third kappa shape index (κ3) is 3.35. The Hall–Kier alpha value is -1.61. The maximum Gasteiger partial charge on any atom is 0.0949 e. The fourth-order valence-electron chi connectivity index (χ4n) is 3.54. The van der Waals surface area contributed by atoms with Gasteiger partial charge in [-0.25, -0.2) is 4.98 Å². The first kappa shape index (κ1) is 14.3. The van der Waals surface area contributed by atoms with Gasteiger partial charge in [0.25, 0.3) is 0 Å². The van der Waals surface area contributed by atoms with Crippen molar-refractivity contribution >= 4 is 0 Å². The van der Waals surface area contributed by atoms with Gasteiger partial charge in [-0.15, -0.1) is 0 Å². The van der Waals surface area contributed by atoms with E-state index in [9.17, 15) is 0 Å². The summed E-state index contributed by atoms with van der Waals surface area (Å²) in [4.78, 5) is 4.21. The van der Waals surface area contributed by atoms with E-state index >= 15 is 0 Å². The Balaban J connectivity index is 1.73. The van der Waals surface area contributed by atoms with Crippen LogP contribution >= 0.6 is 0 Å². The Morgan fingerprint density at radius 1 is 1.29 bits per heavy atom. The van der Waals surface area contributed by atoms with Crippen LogP contribution < -0.4 is 5.32 Å². The van der Waals surface area contributed by atoms with Crippen molar-refractivity contribution in [1.82, 2.24) is 14.9 Å². The predicted molar refractivity (Wildman–Crippen MR) is 86.1 cm³/mol. The molecule has 0 bridgehead atoms. The minimum Gasteiger partial charge on any atom is -0.333 e. The van der Waals surface area contributed by atoms with E-state index in [-0.39, 0.29) is 0 Å². The third-order valence-corrected chi connectivity index (χ3v) is 4.58. The summed E-state index contributed by atoms with van der Waals surface area (Å²) < 4.78 is 2.28. The van der Waals surface area contributed by atoms with Crippen LogP contribution in [0.3, 0.4) is 0 Å². The van der Waals surface area contributed by atoms with Crippen molar-refractivity contribution in [3.8, 4) is 0 Å². The molecule has 1 aromatic carbocycles. The number of nitrogens with one attached hydrogen (secondary N) is 1. The fraction of sp³-hybridized carbons (Fsp3) is 0.500. The third-order valence-electron chi connectivity index (χ3n) is 4.58. The first-order valence-electron chi connectivity index (χ1n) is 8.17. The minimum absolute atomic E-state index is 0.463. The van der Waals surface area contributed by atoms with Crippen LogP contribution in [-0.4, -0.2) is 15.6 Å². The molecule has 112 valence electrons. The lowest BCUT2D eigenvalue weighted by Gasteiger charge is -2.28. The molecular formula is C18H25N3. The molecule has 0 amide bonds. The van der Waals surface area contributed by atoms with Gasteiger partial charge in [0, 0.05) is 30.5 Å². The van der Waals surface area contributed by atoms with Crippen molar-refractivity contribution in [2.45, 2.75) is 57.2 Å². The van der Waals surface area contributed by atoms with Crippen LogP contribution in [-0.2, 0) is 0 Å². The van der Waals surface area contributed by atoms with Gasteiger partial charge in [0.1, 0.15) is 0 Å². The van der Waals surface area contributed by atoms with E-state index in [0.717, 1.165) is 0 Å². The monoisotopic (exact) mass is 283 g/mol. The minimum atomic E-state index is 0.463. The van der Waals surface area contributed by atoms with Crippen LogP contribution in [0.5, 0.6) is 0 Å². The van der Waals surface area contributed by atoms with Crippen LogP contribution in [0.4, 0.5) is 0 Å². The van der Waals surface area contributed by atoms with Crippen molar-refractivity contribution in [2.75, 3.05) is 0 Å². The van der Waals surface area contributed by atoms with Crippen LogP contribution in [0.2, 0.25) is 0 Å². The van der Waals surface area contributed by atoms with Crippen molar-refractivity contribution in [3.63, 3.8) is 0 Å². The second-order valence-corrected chi connectivity index (χ2v) is 6.03. The van der Waals surface area contributed by atoms with E-state index in [0.29, 0.717) is 18.1 Å². The lowest BCUT2D eigenvalue weighted by molar-refractivity contribution is 0.342. The molecule has 0 radical (unpaired) electrons. The Bertz CT molecular complexity index is 521. The normalized spacial score (nSPS) is 23.3. The van der Waals surface area contributed by atoms with Crippen molar-refractivity contribution in [1.29, 1.82) is 0 Å². The van der Waals surface area contributed by atoms with Gasteiger partial charge in [0.15, 0.2) is 0 Å². The summed E-state index contributed by atoms with van der Waals surface area (Å²) in [6, 6.07) is 12.4. The van der Waals surface area contributed by atoms with E-state index in [1.54, 1.807) is 0 Å². The molecule has 0 aliphatic heterocycles. The predicted octanol–water partition coefficient (Wildman–Crippen LogP) is 4.11. The SMILES string of the molecule is CCCC(NC1CCCC1n1ccnc1)c1ccccc1. The average molecular weight is 283 g/mol. The zero-order valence-corrected chi connectivity index (χ0v) is 12.8. The highest BCUT2D eigenvalue weighted by atomic mass is 15.1. The van der Waals surface area contributed by atoms with Crippen LogP contribution in [0.25, 0.3) is 0 Å². The smallest absolute Gasteiger partial charge is 0.0949 e. The lowest BCUT2D eigenvalue weighted by Crippen LogP contribution is -2.36. The Morgan fingerprint density at radius 2 is 2.14 bits per heavy atom. The Labute approximate surface area is 127 Å². The molecule has 0 saturated heterocycles. The molecule has 1 fully saturated rings. The molecule has 1 aliphatic rings. The molecule has 3 rings (SSSR count). The molecule has 1 heterocycles. The molecule has 3 nitrogen and oxygen atoms in total. The molecule has 3 unspecified atom stereocenters. The molecular weight excluding hydrogens is 258 g/mol. The molecule has 0 spiro atoms. The summed E-state index contributed by atoms with van der Waals surface area (Å²) in [6.07, 6.45) is 12.2. The van der Waals surface area contributed by atoms with Gasteiger partial charge in [-0.1, -0.05) is 43.7 Å². The van der Waals surface area contributed by atoms with Gasteiger partial charge < -0.3 is 9.88 Å². The quantitative estimate of drug-likeness (QED) is 0.864. The first-order valence-corrected chi connectivity index (χ1v) is 8.17. The lowest BCUT2D eigenvalue weighted by atomic mass is 10.00. The molecule has 1 aromatic heterocycles. The van der Waals surface area contributed by atoms with E-state index in [4.69, 9.17) is 0 Å². The Kier molecular flexibility index (Phi) is 4.71. The molecule has 1 N–H and O–H groups in total. The molecule has 21 heavy (non-hydrogen) atoms. The van der Waals surface area contributed by atoms with Crippen LogP contribution in [0.1, 0.15) is 56.7 Å². The standard InChI is InChI=1S/C18H25N3/c1-2-7-16(15-8-4-3-5-9-15)20-17-10-6-11-18(17)21-13-12-19-14-21/h3-5,8-9,12-14,16-18,20H,2,6-7,10-11H2,1H3. The fourth-order valence-corrected chi connectivity index (χ4v) is 3.54. The summed E-state index contributed by atoms with van der Waals surface area (Å²) in [5, 5.41) is 3.92. The second-order valence-electron chi connectivity index (χ2n) is 6.03. The largest absolute Gasteiger partial charge is 0.333 e.